The standard InChI is InChI=1S/C29H45N3O.C2H2O4/c1-8-9-10-11-20-29(33)21(2)27(23-12-16-25(17-13-23)31(4)5)30-28(22(29)3)24-14-18-26(19-15-24)32(6)7;3-1(4)2(5)6/h12-19,21-22,27-28,30,33H,8-11,20H2,1-7H3;(H,3,4)(H,5,6). The monoisotopic (exact) mass is 541 g/mol. The van der Waals surface area contributed by atoms with Gasteiger partial charge >= 0.3 is 5.97 Å². The minimum Gasteiger partial charge on any atom is -0.539 e. The third kappa shape index (κ3) is 8.19. The second-order valence-electron chi connectivity index (χ2n) is 11.2. The normalized spacial score (nSPS) is 24.3. The Balaban J connectivity index is 0.000000798. The SMILES string of the molecule is CCCCCCC1(O)C(C)C(c2ccc(N(C)C)cc2)[NH2+]C(c2ccc(N(C)C)cc2)C1C.O=C([O-])C(=O)O. The molecule has 0 aromatic heterocycles. The van der Waals surface area contributed by atoms with Gasteiger partial charge in [-0.05, 0) is 30.7 Å². The number of piperidine rings is 1. The van der Waals surface area contributed by atoms with Gasteiger partial charge in [0.15, 0.2) is 5.97 Å². The second kappa shape index (κ2) is 14.3. The number of hydrogen-bond donors (Lipinski definition) is 3. The van der Waals surface area contributed by atoms with Crippen molar-refractivity contribution in [3.8, 4) is 0 Å². The van der Waals surface area contributed by atoms with Gasteiger partial charge in [0.1, 0.15) is 12.1 Å². The molecule has 1 fully saturated rings. The highest BCUT2D eigenvalue weighted by Crippen LogP contribution is 2.45. The Morgan fingerprint density at radius 3 is 1.51 bits per heavy atom. The van der Waals surface area contributed by atoms with Gasteiger partial charge in [-0.2, -0.15) is 0 Å². The van der Waals surface area contributed by atoms with Crippen LogP contribution in [0.1, 0.15) is 76.1 Å². The molecular formula is C31H47N3O5. The van der Waals surface area contributed by atoms with Crippen molar-refractivity contribution >= 4 is 23.3 Å². The molecule has 1 heterocycles. The predicted molar refractivity (Wildman–Crippen MR) is 154 cm³/mol. The van der Waals surface area contributed by atoms with Crippen LogP contribution in [0.15, 0.2) is 48.5 Å². The molecule has 1 aliphatic heterocycles. The maximum absolute atomic E-state index is 12.2. The number of quaternary nitrogens is 1. The van der Waals surface area contributed by atoms with Gasteiger partial charge in [-0.25, -0.2) is 4.79 Å². The molecule has 1 aliphatic rings. The molecule has 4 atom stereocenters. The first kappa shape index (κ1) is 32.1. The summed E-state index contributed by atoms with van der Waals surface area (Å²) >= 11 is 0. The molecule has 1 saturated heterocycles. The van der Waals surface area contributed by atoms with Crippen LogP contribution in [0.5, 0.6) is 0 Å². The van der Waals surface area contributed by atoms with E-state index in [4.69, 9.17) is 19.8 Å². The Labute approximate surface area is 233 Å². The molecule has 0 spiro atoms. The Bertz CT molecular complexity index is 977. The van der Waals surface area contributed by atoms with E-state index < -0.39 is 17.5 Å². The van der Waals surface area contributed by atoms with Crippen molar-refractivity contribution in [1.82, 2.24) is 0 Å². The Kier molecular flexibility index (Phi) is 11.8. The van der Waals surface area contributed by atoms with Gasteiger partial charge in [-0.1, -0.05) is 70.7 Å². The predicted octanol–water partition coefficient (Wildman–Crippen LogP) is 2.97. The van der Waals surface area contributed by atoms with Crippen LogP contribution >= 0.6 is 0 Å². The molecule has 2 aromatic carbocycles. The molecule has 0 saturated carbocycles. The minimum atomic E-state index is -2.07. The largest absolute Gasteiger partial charge is 0.539 e. The van der Waals surface area contributed by atoms with Crippen molar-refractivity contribution in [2.75, 3.05) is 38.0 Å². The molecule has 4 N–H and O–H groups in total. The molecule has 0 radical (unpaired) electrons. The molecule has 216 valence electrons. The van der Waals surface area contributed by atoms with Crippen LogP contribution in [0.4, 0.5) is 11.4 Å². The summed E-state index contributed by atoms with van der Waals surface area (Å²) < 4.78 is 0. The summed E-state index contributed by atoms with van der Waals surface area (Å²) in [7, 11) is 8.31. The maximum atomic E-state index is 12.2. The molecule has 8 nitrogen and oxygen atoms in total. The number of rotatable bonds is 9. The molecule has 0 amide bonds. The molecule has 4 unspecified atom stereocenters. The quantitative estimate of drug-likeness (QED) is 0.330. The van der Waals surface area contributed by atoms with Crippen LogP contribution in [0.25, 0.3) is 0 Å². The van der Waals surface area contributed by atoms with Gasteiger partial charge in [-0.15, -0.1) is 0 Å². The number of carboxylic acids is 2. The smallest absolute Gasteiger partial charge is 0.351 e. The van der Waals surface area contributed by atoms with E-state index in [0.29, 0.717) is 0 Å². The summed E-state index contributed by atoms with van der Waals surface area (Å²) in [5, 5.41) is 31.1. The van der Waals surface area contributed by atoms with Crippen LogP contribution in [-0.4, -0.2) is 55.9 Å². The Hall–Kier alpha value is -3.10. The topological polar surface area (TPSA) is 121 Å². The number of carboxylic acid groups (broad SMARTS) is 2. The van der Waals surface area contributed by atoms with E-state index in [1.807, 2.05) is 0 Å². The molecular weight excluding hydrogens is 494 g/mol. The summed E-state index contributed by atoms with van der Waals surface area (Å²) in [6.45, 7) is 6.78. The first-order valence-electron chi connectivity index (χ1n) is 13.9. The summed E-state index contributed by atoms with van der Waals surface area (Å²) in [4.78, 5) is 22.3. The van der Waals surface area contributed by atoms with Gasteiger partial charge in [0.05, 0.1) is 5.60 Å². The summed E-state index contributed by atoms with van der Waals surface area (Å²) in [6, 6.07) is 18.3. The number of nitrogens with zero attached hydrogens (tertiary/aromatic N) is 2. The number of carbonyl (C=O) groups excluding carboxylic acids is 1. The zero-order valence-electron chi connectivity index (χ0n) is 24.6. The third-order valence-electron chi connectivity index (χ3n) is 8.26. The van der Waals surface area contributed by atoms with Crippen molar-refractivity contribution in [3.63, 3.8) is 0 Å². The van der Waals surface area contributed by atoms with E-state index in [-0.39, 0.29) is 23.9 Å². The Morgan fingerprint density at radius 1 is 0.821 bits per heavy atom. The number of nitrogens with two attached hydrogens (primary N) is 1. The maximum Gasteiger partial charge on any atom is 0.351 e. The molecule has 0 aliphatic carbocycles. The lowest BCUT2D eigenvalue weighted by molar-refractivity contribution is -0.764. The fourth-order valence-electron chi connectivity index (χ4n) is 5.67. The van der Waals surface area contributed by atoms with E-state index in [9.17, 15) is 5.11 Å². The number of aliphatic hydroxyl groups is 1. The number of anilines is 2. The van der Waals surface area contributed by atoms with Crippen molar-refractivity contribution < 1.29 is 30.2 Å². The fraction of sp³-hybridized carbons (Fsp3) is 0.548. The molecule has 0 bridgehead atoms. The first-order chi connectivity index (χ1) is 18.3. The van der Waals surface area contributed by atoms with Crippen molar-refractivity contribution in [2.24, 2.45) is 11.8 Å². The van der Waals surface area contributed by atoms with E-state index in [1.54, 1.807) is 0 Å². The zero-order chi connectivity index (χ0) is 29.3. The van der Waals surface area contributed by atoms with Crippen LogP contribution in [0.3, 0.4) is 0 Å². The Morgan fingerprint density at radius 2 is 1.21 bits per heavy atom. The average Bonchev–Trinajstić information content (AvgIpc) is 2.91. The highest BCUT2D eigenvalue weighted by Gasteiger charge is 2.53. The number of unbranched alkanes of at least 4 members (excludes halogenated alkanes) is 3. The number of benzene rings is 2. The third-order valence-corrected chi connectivity index (χ3v) is 8.26. The second-order valence-corrected chi connectivity index (χ2v) is 11.2. The van der Waals surface area contributed by atoms with Gasteiger partial charge in [0.25, 0.3) is 0 Å². The van der Waals surface area contributed by atoms with Gasteiger partial charge in [-0.3, -0.25) is 0 Å². The van der Waals surface area contributed by atoms with E-state index >= 15 is 0 Å². The zero-order valence-corrected chi connectivity index (χ0v) is 24.6. The van der Waals surface area contributed by atoms with Crippen molar-refractivity contribution in [2.45, 2.75) is 70.6 Å². The average molecular weight is 542 g/mol. The van der Waals surface area contributed by atoms with Crippen molar-refractivity contribution in [1.29, 1.82) is 0 Å². The van der Waals surface area contributed by atoms with Gasteiger partial charge in [0.2, 0.25) is 0 Å². The van der Waals surface area contributed by atoms with Gasteiger partial charge in [0, 0.05) is 62.5 Å². The number of hydrogen-bond acceptors (Lipinski definition) is 6. The van der Waals surface area contributed by atoms with E-state index in [1.165, 1.54) is 41.8 Å². The molecule has 8 heteroatoms. The minimum absolute atomic E-state index is 0.177. The molecule has 3 rings (SSSR count). The lowest BCUT2D eigenvalue weighted by Gasteiger charge is -2.49. The van der Waals surface area contributed by atoms with Crippen molar-refractivity contribution in [3.05, 3.63) is 59.7 Å². The summed E-state index contributed by atoms with van der Waals surface area (Å²) in [5.74, 6) is -3.65. The van der Waals surface area contributed by atoms with Crippen LogP contribution < -0.4 is 20.2 Å². The summed E-state index contributed by atoms with van der Waals surface area (Å²) in [6.07, 6.45) is 5.64. The molecule has 39 heavy (non-hydrogen) atoms. The highest BCUT2D eigenvalue weighted by atomic mass is 16.4. The number of carbonyl (C=O) groups is 2. The number of aliphatic carboxylic acids is 2. The lowest BCUT2D eigenvalue weighted by Crippen LogP contribution is -2.93. The molecule has 2 aromatic rings. The first-order valence-corrected chi connectivity index (χ1v) is 13.9. The lowest BCUT2D eigenvalue weighted by atomic mass is 9.64. The highest BCUT2D eigenvalue weighted by molar-refractivity contribution is 6.26. The fourth-order valence-corrected chi connectivity index (χ4v) is 5.67. The van der Waals surface area contributed by atoms with Crippen LogP contribution in [0, 0.1) is 11.8 Å². The van der Waals surface area contributed by atoms with Gasteiger partial charge < -0.3 is 35.2 Å². The van der Waals surface area contributed by atoms with E-state index in [0.717, 1.165) is 12.8 Å². The van der Waals surface area contributed by atoms with E-state index in [2.05, 4.69) is 113 Å². The summed E-state index contributed by atoms with van der Waals surface area (Å²) in [5.41, 5.74) is 4.35. The van der Waals surface area contributed by atoms with Crippen LogP contribution in [0.2, 0.25) is 0 Å². The van der Waals surface area contributed by atoms with Crippen LogP contribution in [-0.2, 0) is 9.59 Å².